The van der Waals surface area contributed by atoms with Gasteiger partial charge in [0, 0.05) is 45.9 Å². The van der Waals surface area contributed by atoms with Crippen LogP contribution >= 0.6 is 24.8 Å². The summed E-state index contributed by atoms with van der Waals surface area (Å²) in [5.74, 6) is 1.45. The van der Waals surface area contributed by atoms with Gasteiger partial charge in [0.2, 0.25) is 0 Å². The quantitative estimate of drug-likeness (QED) is 0.862. The lowest BCUT2D eigenvalue weighted by Gasteiger charge is -2.37. The number of nitrogens with zero attached hydrogens (tertiary/aromatic N) is 2. The van der Waals surface area contributed by atoms with E-state index >= 15 is 0 Å². The summed E-state index contributed by atoms with van der Waals surface area (Å²) in [6, 6.07) is 1.75. The van der Waals surface area contributed by atoms with Crippen LogP contribution in [0.2, 0.25) is 0 Å². The van der Waals surface area contributed by atoms with Crippen molar-refractivity contribution in [3.05, 3.63) is 23.7 Å². The van der Waals surface area contributed by atoms with Crippen LogP contribution in [0.1, 0.15) is 29.0 Å². The molecule has 2 saturated heterocycles. The van der Waals surface area contributed by atoms with Gasteiger partial charge in [0.25, 0.3) is 5.91 Å². The molecule has 0 aliphatic carbocycles. The number of nitrogens with two attached hydrogens (primary N) is 1. The summed E-state index contributed by atoms with van der Waals surface area (Å²) in [7, 11) is 0. The van der Waals surface area contributed by atoms with Crippen molar-refractivity contribution in [1.82, 2.24) is 9.80 Å². The van der Waals surface area contributed by atoms with Gasteiger partial charge in [-0.25, -0.2) is 0 Å². The fraction of sp³-hybridized carbons (Fsp3) is 0.688. The molecule has 2 N–H and O–H groups in total. The van der Waals surface area contributed by atoms with Crippen molar-refractivity contribution in [1.29, 1.82) is 0 Å². The number of rotatable bonds is 4. The van der Waals surface area contributed by atoms with E-state index in [0.717, 1.165) is 64.7 Å². The standard InChI is InChI=1S/C16H25N3O3.2ClH/c17-10-15-9-14(12-22-15)16(20)19-5-3-18(4-6-19)11-13-1-7-21-8-2-13;;/h9,12-13H,1-8,10-11,17H2;2*1H. The van der Waals surface area contributed by atoms with E-state index in [-0.39, 0.29) is 30.7 Å². The summed E-state index contributed by atoms with van der Waals surface area (Å²) in [5.41, 5.74) is 6.12. The maximum Gasteiger partial charge on any atom is 0.257 e. The molecule has 0 atom stereocenters. The molecule has 0 bridgehead atoms. The van der Waals surface area contributed by atoms with Crippen molar-refractivity contribution in [2.75, 3.05) is 45.9 Å². The zero-order chi connectivity index (χ0) is 15.4. The Morgan fingerprint density at radius 2 is 1.83 bits per heavy atom. The second-order valence-corrected chi connectivity index (χ2v) is 6.15. The fourth-order valence-corrected chi connectivity index (χ4v) is 3.21. The highest BCUT2D eigenvalue weighted by molar-refractivity contribution is 5.94. The molecule has 6 nitrogen and oxygen atoms in total. The predicted octanol–water partition coefficient (Wildman–Crippen LogP) is 1.77. The summed E-state index contributed by atoms with van der Waals surface area (Å²) in [4.78, 5) is 16.8. The first-order chi connectivity index (χ1) is 10.8. The minimum Gasteiger partial charge on any atom is -0.467 e. The van der Waals surface area contributed by atoms with Crippen molar-refractivity contribution in [3.8, 4) is 0 Å². The van der Waals surface area contributed by atoms with E-state index in [1.807, 2.05) is 4.90 Å². The minimum atomic E-state index is 0. The Hall–Kier alpha value is -0.790. The van der Waals surface area contributed by atoms with Crippen LogP contribution in [0.3, 0.4) is 0 Å². The number of ether oxygens (including phenoxy) is 1. The Labute approximate surface area is 155 Å². The first kappa shape index (κ1) is 21.3. The van der Waals surface area contributed by atoms with E-state index in [2.05, 4.69) is 4.90 Å². The number of carbonyl (C=O) groups is 1. The monoisotopic (exact) mass is 379 g/mol. The number of furan rings is 1. The van der Waals surface area contributed by atoms with Crippen molar-refractivity contribution >= 4 is 30.7 Å². The Morgan fingerprint density at radius 1 is 1.17 bits per heavy atom. The minimum absolute atomic E-state index is 0. The molecule has 138 valence electrons. The molecule has 8 heteroatoms. The lowest BCUT2D eigenvalue weighted by molar-refractivity contribution is 0.0393. The van der Waals surface area contributed by atoms with Gasteiger partial charge in [-0.05, 0) is 24.8 Å². The topological polar surface area (TPSA) is 71.9 Å². The molecule has 1 aromatic heterocycles. The predicted molar refractivity (Wildman–Crippen MR) is 97.0 cm³/mol. The molecule has 0 aromatic carbocycles. The average molecular weight is 380 g/mol. The highest BCUT2D eigenvalue weighted by Crippen LogP contribution is 2.18. The van der Waals surface area contributed by atoms with E-state index in [9.17, 15) is 4.79 Å². The number of halogens is 2. The molecule has 0 spiro atoms. The van der Waals surface area contributed by atoms with Gasteiger partial charge >= 0.3 is 0 Å². The number of piperazine rings is 1. The van der Waals surface area contributed by atoms with Crippen LogP contribution in [-0.2, 0) is 11.3 Å². The smallest absolute Gasteiger partial charge is 0.257 e. The molecule has 2 fully saturated rings. The van der Waals surface area contributed by atoms with Gasteiger partial charge < -0.3 is 19.8 Å². The Morgan fingerprint density at radius 3 is 2.42 bits per heavy atom. The van der Waals surface area contributed by atoms with Crippen LogP contribution in [0, 0.1) is 5.92 Å². The zero-order valence-corrected chi connectivity index (χ0v) is 15.4. The molecule has 1 aromatic rings. The van der Waals surface area contributed by atoms with Gasteiger partial charge in [0.15, 0.2) is 0 Å². The molecule has 2 aliphatic heterocycles. The van der Waals surface area contributed by atoms with Crippen LogP contribution in [0.25, 0.3) is 0 Å². The summed E-state index contributed by atoms with van der Waals surface area (Å²) in [5, 5.41) is 0. The highest BCUT2D eigenvalue weighted by Gasteiger charge is 2.25. The maximum absolute atomic E-state index is 12.4. The molecule has 0 unspecified atom stereocenters. The Kier molecular flexibility index (Phi) is 9.08. The first-order valence-electron chi connectivity index (χ1n) is 8.13. The third-order valence-electron chi connectivity index (χ3n) is 4.62. The molecule has 24 heavy (non-hydrogen) atoms. The Balaban J connectivity index is 0.00000144. The van der Waals surface area contributed by atoms with E-state index < -0.39 is 0 Å². The molecular weight excluding hydrogens is 353 g/mol. The third-order valence-corrected chi connectivity index (χ3v) is 4.62. The van der Waals surface area contributed by atoms with Gasteiger partial charge in [0.1, 0.15) is 12.0 Å². The fourth-order valence-electron chi connectivity index (χ4n) is 3.21. The van der Waals surface area contributed by atoms with Gasteiger partial charge in [0.05, 0.1) is 12.1 Å². The molecule has 1 amide bonds. The molecule has 3 heterocycles. The SMILES string of the molecule is Cl.Cl.NCc1cc(C(=O)N2CCN(CC3CCOCC3)CC2)co1. The Bertz CT molecular complexity index is 499. The highest BCUT2D eigenvalue weighted by atomic mass is 35.5. The normalized spacial score (nSPS) is 19.5. The molecule has 3 rings (SSSR count). The number of amides is 1. The molecule has 0 saturated carbocycles. The summed E-state index contributed by atoms with van der Waals surface area (Å²) in [6.45, 7) is 6.71. The summed E-state index contributed by atoms with van der Waals surface area (Å²) in [6.07, 6.45) is 3.84. The van der Waals surface area contributed by atoms with E-state index in [0.29, 0.717) is 17.9 Å². The number of carbonyl (C=O) groups excluding carboxylic acids is 1. The van der Waals surface area contributed by atoms with Crippen LogP contribution in [0.5, 0.6) is 0 Å². The van der Waals surface area contributed by atoms with E-state index in [1.54, 1.807) is 6.07 Å². The van der Waals surface area contributed by atoms with Gasteiger partial charge in [-0.2, -0.15) is 0 Å². The third kappa shape index (κ3) is 5.36. The zero-order valence-electron chi connectivity index (χ0n) is 13.8. The van der Waals surface area contributed by atoms with Crippen LogP contribution in [0.4, 0.5) is 0 Å². The van der Waals surface area contributed by atoms with E-state index in [1.165, 1.54) is 6.26 Å². The lowest BCUT2D eigenvalue weighted by Crippen LogP contribution is -2.50. The van der Waals surface area contributed by atoms with Crippen molar-refractivity contribution < 1.29 is 13.9 Å². The van der Waals surface area contributed by atoms with Crippen molar-refractivity contribution in [2.45, 2.75) is 19.4 Å². The first-order valence-corrected chi connectivity index (χ1v) is 8.13. The second-order valence-electron chi connectivity index (χ2n) is 6.15. The lowest BCUT2D eigenvalue weighted by atomic mass is 9.99. The van der Waals surface area contributed by atoms with Crippen molar-refractivity contribution in [2.24, 2.45) is 11.7 Å². The largest absolute Gasteiger partial charge is 0.467 e. The molecule has 0 radical (unpaired) electrons. The van der Waals surface area contributed by atoms with Crippen molar-refractivity contribution in [3.63, 3.8) is 0 Å². The summed E-state index contributed by atoms with van der Waals surface area (Å²) >= 11 is 0. The van der Waals surface area contributed by atoms with E-state index in [4.69, 9.17) is 14.9 Å². The van der Waals surface area contributed by atoms with Crippen LogP contribution in [-0.4, -0.2) is 61.6 Å². The molecule has 2 aliphatic rings. The van der Waals surface area contributed by atoms with Gasteiger partial charge in [-0.15, -0.1) is 24.8 Å². The van der Waals surface area contributed by atoms with Crippen LogP contribution < -0.4 is 5.73 Å². The number of hydrogen-bond acceptors (Lipinski definition) is 5. The summed E-state index contributed by atoms with van der Waals surface area (Å²) < 4.78 is 10.7. The maximum atomic E-state index is 12.4. The average Bonchev–Trinajstić information content (AvgIpc) is 3.05. The second kappa shape index (κ2) is 10.3. The molecular formula is C16H27Cl2N3O3. The van der Waals surface area contributed by atoms with Gasteiger partial charge in [-0.3, -0.25) is 9.69 Å². The number of hydrogen-bond donors (Lipinski definition) is 1. The van der Waals surface area contributed by atoms with Gasteiger partial charge in [-0.1, -0.05) is 0 Å². The van der Waals surface area contributed by atoms with Crippen LogP contribution in [0.15, 0.2) is 16.7 Å².